The molecule has 184 valence electrons. The van der Waals surface area contributed by atoms with Crippen LogP contribution in [-0.4, -0.2) is 34.2 Å². The average Bonchev–Trinajstić information content (AvgIpc) is 2.46. The fourth-order valence-corrected chi connectivity index (χ4v) is 6.51. The normalized spacial score (nSPS) is 18.6. The Hall–Kier alpha value is -0.220. The summed E-state index contributed by atoms with van der Waals surface area (Å²) >= 11 is 2.11. The zero-order valence-electron chi connectivity index (χ0n) is 22.8. The molecule has 0 bridgehead atoms. The lowest BCUT2D eigenvalue weighted by molar-refractivity contribution is -0.123. The summed E-state index contributed by atoms with van der Waals surface area (Å²) in [6.07, 6.45) is 6.41. The number of thioether (sulfide) groups is 1. The van der Waals surface area contributed by atoms with Crippen LogP contribution in [0.1, 0.15) is 122 Å². The molecule has 1 aliphatic carbocycles. The summed E-state index contributed by atoms with van der Waals surface area (Å²) in [6.45, 7) is 27.8. The molecule has 1 atom stereocenters. The van der Waals surface area contributed by atoms with E-state index >= 15 is 0 Å². The van der Waals surface area contributed by atoms with E-state index < -0.39 is 0 Å². The van der Waals surface area contributed by atoms with Crippen LogP contribution in [-0.2, 0) is 9.53 Å². The number of carbonyl (C=O) groups is 1. The molecule has 31 heavy (non-hydrogen) atoms. The molecule has 1 unspecified atom stereocenters. The van der Waals surface area contributed by atoms with Gasteiger partial charge in [-0.15, -0.1) is 11.8 Å². The van der Waals surface area contributed by atoms with Gasteiger partial charge in [-0.2, -0.15) is 0 Å². The van der Waals surface area contributed by atoms with Crippen LogP contribution in [0, 0.1) is 16.2 Å². The van der Waals surface area contributed by atoms with E-state index in [0.29, 0.717) is 11.7 Å². The number of ether oxygens (including phenoxy) is 1. The minimum atomic E-state index is -0.103. The van der Waals surface area contributed by atoms with E-state index in [1.165, 1.54) is 19.3 Å². The van der Waals surface area contributed by atoms with E-state index in [1.807, 2.05) is 0 Å². The lowest BCUT2D eigenvalue weighted by Gasteiger charge is -2.53. The molecule has 1 N–H and O–H groups in total. The summed E-state index contributed by atoms with van der Waals surface area (Å²) in [5, 5.41) is 3.86. The first-order valence-corrected chi connectivity index (χ1v) is 13.3. The van der Waals surface area contributed by atoms with Crippen molar-refractivity contribution in [1.82, 2.24) is 5.32 Å². The maximum Gasteiger partial charge on any atom is 0.220 e. The summed E-state index contributed by atoms with van der Waals surface area (Å²) in [4.78, 5) is 12.4. The van der Waals surface area contributed by atoms with Gasteiger partial charge >= 0.3 is 0 Å². The van der Waals surface area contributed by atoms with Crippen LogP contribution in [0.4, 0.5) is 0 Å². The van der Waals surface area contributed by atoms with E-state index in [9.17, 15) is 4.79 Å². The molecule has 0 aliphatic heterocycles. The Morgan fingerprint density at radius 2 is 1.52 bits per heavy atom. The first kappa shape index (κ1) is 28.8. The molecule has 1 aliphatic rings. The van der Waals surface area contributed by atoms with E-state index in [2.05, 4.69) is 100 Å². The summed E-state index contributed by atoms with van der Waals surface area (Å²) in [5.41, 5.74) is 0.128. The molecule has 1 rings (SSSR count). The van der Waals surface area contributed by atoms with Crippen molar-refractivity contribution in [2.75, 3.05) is 6.61 Å². The van der Waals surface area contributed by atoms with Gasteiger partial charge in [0.25, 0.3) is 0 Å². The molecular weight excluding hydrogens is 402 g/mol. The lowest BCUT2D eigenvalue weighted by atomic mass is 9.63. The minimum absolute atomic E-state index is 0.0222. The third kappa shape index (κ3) is 8.25. The molecule has 1 fully saturated rings. The SMILES string of the molecule is CC(CC(C)(C)C(C)(C)CCOC(C)(C)C1(SC(C)C)CCC1)NC(=O)CC(C)(C)C. The van der Waals surface area contributed by atoms with Crippen molar-refractivity contribution in [3.05, 3.63) is 0 Å². The molecule has 0 saturated heterocycles. The van der Waals surface area contributed by atoms with Crippen molar-refractivity contribution in [2.45, 2.75) is 143 Å². The Morgan fingerprint density at radius 1 is 0.968 bits per heavy atom. The van der Waals surface area contributed by atoms with Gasteiger partial charge in [0.1, 0.15) is 0 Å². The maximum atomic E-state index is 12.4. The third-order valence-corrected chi connectivity index (χ3v) is 9.48. The van der Waals surface area contributed by atoms with Gasteiger partial charge in [0, 0.05) is 23.8 Å². The zero-order chi connectivity index (χ0) is 24.3. The summed E-state index contributed by atoms with van der Waals surface area (Å²) < 4.78 is 6.87. The number of nitrogens with one attached hydrogen (secondary N) is 1. The highest BCUT2D eigenvalue weighted by molar-refractivity contribution is 8.01. The Bertz CT molecular complexity index is 583. The smallest absolute Gasteiger partial charge is 0.220 e. The molecule has 0 spiro atoms. The van der Waals surface area contributed by atoms with Crippen molar-refractivity contribution < 1.29 is 9.53 Å². The van der Waals surface area contributed by atoms with Gasteiger partial charge in [0.15, 0.2) is 0 Å². The van der Waals surface area contributed by atoms with E-state index in [1.54, 1.807) is 0 Å². The first-order chi connectivity index (χ1) is 13.8. The van der Waals surface area contributed by atoms with Crippen LogP contribution < -0.4 is 5.32 Å². The molecule has 0 heterocycles. The van der Waals surface area contributed by atoms with Gasteiger partial charge < -0.3 is 10.1 Å². The Kier molecular flexibility index (Phi) is 9.63. The van der Waals surface area contributed by atoms with Gasteiger partial charge in [-0.3, -0.25) is 4.79 Å². The van der Waals surface area contributed by atoms with Crippen molar-refractivity contribution in [2.24, 2.45) is 16.2 Å². The number of rotatable bonds is 12. The van der Waals surface area contributed by atoms with Gasteiger partial charge in [0.05, 0.1) is 5.60 Å². The van der Waals surface area contributed by atoms with Crippen LogP contribution in [0.25, 0.3) is 0 Å². The van der Waals surface area contributed by atoms with Crippen LogP contribution in [0.2, 0.25) is 0 Å². The molecule has 0 aromatic rings. The molecule has 3 nitrogen and oxygen atoms in total. The predicted octanol–water partition coefficient (Wildman–Crippen LogP) is 7.62. The summed E-state index contributed by atoms with van der Waals surface area (Å²) in [6, 6.07) is 0.169. The highest BCUT2D eigenvalue weighted by Gasteiger charge is 2.51. The van der Waals surface area contributed by atoms with Crippen molar-refractivity contribution in [3.8, 4) is 0 Å². The second kappa shape index (κ2) is 10.4. The third-order valence-electron chi connectivity index (χ3n) is 7.66. The molecule has 4 heteroatoms. The highest BCUT2D eigenvalue weighted by atomic mass is 32.2. The number of amides is 1. The zero-order valence-corrected chi connectivity index (χ0v) is 23.6. The summed E-state index contributed by atoms with van der Waals surface area (Å²) in [5.74, 6) is 0.159. The van der Waals surface area contributed by atoms with Crippen LogP contribution in [0.3, 0.4) is 0 Å². The van der Waals surface area contributed by atoms with Crippen molar-refractivity contribution in [3.63, 3.8) is 0 Å². The lowest BCUT2D eigenvalue weighted by Crippen LogP contribution is -2.55. The molecule has 0 aromatic carbocycles. The van der Waals surface area contributed by atoms with Crippen molar-refractivity contribution >= 4 is 17.7 Å². The highest BCUT2D eigenvalue weighted by Crippen LogP contribution is 2.54. The van der Waals surface area contributed by atoms with E-state index in [4.69, 9.17) is 4.74 Å². The molecule has 1 saturated carbocycles. The van der Waals surface area contributed by atoms with E-state index in [-0.39, 0.29) is 38.5 Å². The molecule has 0 aromatic heterocycles. The van der Waals surface area contributed by atoms with Gasteiger partial charge in [-0.05, 0) is 67.9 Å². The quantitative estimate of drug-likeness (QED) is 0.329. The van der Waals surface area contributed by atoms with Crippen LogP contribution in [0.5, 0.6) is 0 Å². The first-order valence-electron chi connectivity index (χ1n) is 12.4. The predicted molar refractivity (Wildman–Crippen MR) is 138 cm³/mol. The van der Waals surface area contributed by atoms with Crippen LogP contribution >= 0.6 is 11.8 Å². The van der Waals surface area contributed by atoms with Gasteiger partial charge in [0.2, 0.25) is 5.91 Å². The summed E-state index contributed by atoms with van der Waals surface area (Å²) in [7, 11) is 0. The minimum Gasteiger partial charge on any atom is -0.374 e. The number of hydrogen-bond donors (Lipinski definition) is 1. The fraction of sp³-hybridized carbons (Fsp3) is 0.963. The van der Waals surface area contributed by atoms with Crippen LogP contribution in [0.15, 0.2) is 0 Å². The Morgan fingerprint density at radius 3 is 1.94 bits per heavy atom. The second-order valence-corrected chi connectivity index (χ2v) is 15.3. The monoisotopic (exact) mass is 455 g/mol. The van der Waals surface area contributed by atoms with Gasteiger partial charge in [-0.25, -0.2) is 0 Å². The number of hydrogen-bond acceptors (Lipinski definition) is 3. The standard InChI is InChI=1S/C27H53NO2S/c1-20(2)31-27(14-13-15-27)26(11,12)30-17-16-24(7,8)25(9,10)18-21(3)28-22(29)19-23(4,5)6/h20-21H,13-19H2,1-12H3,(H,28,29). The maximum absolute atomic E-state index is 12.4. The Balaban J connectivity index is 2.64. The largest absolute Gasteiger partial charge is 0.374 e. The van der Waals surface area contributed by atoms with E-state index in [0.717, 1.165) is 19.4 Å². The molecule has 0 radical (unpaired) electrons. The average molecular weight is 456 g/mol. The fourth-order valence-electron chi connectivity index (χ4n) is 4.74. The Labute approximate surface area is 198 Å². The molecular formula is C27H53NO2S. The van der Waals surface area contributed by atoms with Gasteiger partial charge in [-0.1, -0.05) is 68.7 Å². The molecule has 1 amide bonds. The van der Waals surface area contributed by atoms with Crippen molar-refractivity contribution in [1.29, 1.82) is 0 Å². The second-order valence-electron chi connectivity index (χ2n) is 13.3. The number of carbonyl (C=O) groups excluding carboxylic acids is 1. The topological polar surface area (TPSA) is 38.3 Å².